The summed E-state index contributed by atoms with van der Waals surface area (Å²) in [4.78, 5) is 28.9. The van der Waals surface area contributed by atoms with Gasteiger partial charge in [0.1, 0.15) is 5.69 Å². The topological polar surface area (TPSA) is 76.9 Å². The van der Waals surface area contributed by atoms with Gasteiger partial charge in [-0.3, -0.25) is 14.6 Å². The summed E-state index contributed by atoms with van der Waals surface area (Å²) in [6.45, 7) is 0.872. The lowest BCUT2D eigenvalue weighted by Crippen LogP contribution is -2.25. The highest BCUT2D eigenvalue weighted by atomic mass is 32.1. The Balaban J connectivity index is 1.51. The first-order valence-electron chi connectivity index (χ1n) is 8.00. The monoisotopic (exact) mass is 354 g/mol. The summed E-state index contributed by atoms with van der Waals surface area (Å²) in [5.74, 6) is -0.0497. The first-order valence-corrected chi connectivity index (χ1v) is 8.88. The molecule has 0 atom stereocenters. The molecule has 0 bridgehead atoms. The summed E-state index contributed by atoms with van der Waals surface area (Å²) in [5, 5.41) is 9.20. The van der Waals surface area contributed by atoms with E-state index in [1.54, 1.807) is 29.8 Å². The third-order valence-electron chi connectivity index (χ3n) is 3.63. The fourth-order valence-electron chi connectivity index (χ4n) is 2.35. The molecule has 0 aromatic carbocycles. The summed E-state index contributed by atoms with van der Waals surface area (Å²) in [5.41, 5.74) is 1.57. The van der Waals surface area contributed by atoms with Gasteiger partial charge in [-0.2, -0.15) is 5.10 Å². The Labute approximate surface area is 149 Å². The number of hydrogen-bond acceptors (Lipinski definition) is 5. The highest BCUT2D eigenvalue weighted by molar-refractivity contribution is 7.13. The van der Waals surface area contributed by atoms with Crippen molar-refractivity contribution in [1.29, 1.82) is 0 Å². The van der Waals surface area contributed by atoms with Crippen molar-refractivity contribution in [3.8, 4) is 10.6 Å². The third kappa shape index (κ3) is 4.84. The van der Waals surface area contributed by atoms with Crippen molar-refractivity contribution in [3.05, 3.63) is 70.1 Å². The van der Waals surface area contributed by atoms with Gasteiger partial charge in [0.25, 0.3) is 5.56 Å². The maximum atomic E-state index is 11.9. The van der Waals surface area contributed by atoms with E-state index in [9.17, 15) is 9.59 Å². The van der Waals surface area contributed by atoms with E-state index in [0.29, 0.717) is 25.9 Å². The Kier molecular flexibility index (Phi) is 5.69. The number of nitrogens with one attached hydrogen (secondary N) is 1. The van der Waals surface area contributed by atoms with Crippen LogP contribution in [0.3, 0.4) is 0 Å². The number of thiophene rings is 1. The normalized spacial score (nSPS) is 10.6. The molecular weight excluding hydrogens is 336 g/mol. The van der Waals surface area contributed by atoms with E-state index in [1.807, 2.05) is 29.6 Å². The van der Waals surface area contributed by atoms with Crippen molar-refractivity contribution >= 4 is 17.2 Å². The molecule has 0 aliphatic rings. The lowest BCUT2D eigenvalue weighted by Gasteiger charge is -2.07. The van der Waals surface area contributed by atoms with Crippen molar-refractivity contribution in [3.63, 3.8) is 0 Å². The summed E-state index contributed by atoms with van der Waals surface area (Å²) >= 11 is 1.58. The molecule has 25 heavy (non-hydrogen) atoms. The zero-order valence-corrected chi connectivity index (χ0v) is 14.4. The van der Waals surface area contributed by atoms with Crippen LogP contribution in [-0.2, 0) is 17.9 Å². The van der Waals surface area contributed by atoms with E-state index in [0.717, 1.165) is 16.1 Å². The first-order chi connectivity index (χ1) is 12.2. The number of aromatic nitrogens is 3. The molecule has 0 unspecified atom stereocenters. The maximum Gasteiger partial charge on any atom is 0.266 e. The van der Waals surface area contributed by atoms with Crippen molar-refractivity contribution in [2.24, 2.45) is 0 Å². The largest absolute Gasteiger partial charge is 0.352 e. The Morgan fingerprint density at radius 3 is 2.88 bits per heavy atom. The lowest BCUT2D eigenvalue weighted by molar-refractivity contribution is -0.121. The van der Waals surface area contributed by atoms with Crippen LogP contribution in [0.4, 0.5) is 0 Å². The Hall–Kier alpha value is -2.80. The zero-order valence-electron chi connectivity index (χ0n) is 13.6. The number of aryl methyl sites for hydroxylation is 1. The lowest BCUT2D eigenvalue weighted by atomic mass is 10.2. The highest BCUT2D eigenvalue weighted by Gasteiger charge is 2.06. The molecule has 0 spiro atoms. The van der Waals surface area contributed by atoms with E-state index in [2.05, 4.69) is 15.4 Å². The number of hydrogen-bond donors (Lipinski definition) is 1. The molecule has 0 saturated heterocycles. The highest BCUT2D eigenvalue weighted by Crippen LogP contribution is 2.21. The van der Waals surface area contributed by atoms with Crippen LogP contribution < -0.4 is 10.9 Å². The van der Waals surface area contributed by atoms with E-state index in [1.165, 1.54) is 10.7 Å². The van der Waals surface area contributed by atoms with Crippen molar-refractivity contribution in [2.45, 2.75) is 25.9 Å². The van der Waals surface area contributed by atoms with Crippen LogP contribution in [0.2, 0.25) is 0 Å². The quantitative estimate of drug-likeness (QED) is 0.707. The number of amides is 1. The minimum Gasteiger partial charge on any atom is -0.352 e. The molecule has 3 aromatic rings. The SMILES string of the molecule is O=C(CCCn1nc(-c2cccs2)ccc1=O)NCc1cccnc1. The molecule has 0 aliphatic heterocycles. The summed E-state index contributed by atoms with van der Waals surface area (Å²) in [6.07, 6.45) is 4.32. The molecule has 128 valence electrons. The van der Waals surface area contributed by atoms with Crippen molar-refractivity contribution < 1.29 is 4.79 Å². The molecule has 0 saturated carbocycles. The van der Waals surface area contributed by atoms with Crippen LogP contribution in [0.5, 0.6) is 0 Å². The van der Waals surface area contributed by atoms with Gasteiger partial charge in [-0.05, 0) is 35.6 Å². The van der Waals surface area contributed by atoms with Crippen molar-refractivity contribution in [2.75, 3.05) is 0 Å². The zero-order chi connectivity index (χ0) is 17.5. The van der Waals surface area contributed by atoms with E-state index < -0.39 is 0 Å². The molecule has 6 nitrogen and oxygen atoms in total. The standard InChI is InChI=1S/C18H18N4O2S/c23-17(20-13-14-4-1-9-19-12-14)6-2-10-22-18(24)8-7-15(21-22)16-5-3-11-25-16/h1,3-5,7-9,11-12H,2,6,10,13H2,(H,20,23). The Morgan fingerprint density at radius 1 is 1.20 bits per heavy atom. The van der Waals surface area contributed by atoms with Crippen LogP contribution in [0.1, 0.15) is 18.4 Å². The summed E-state index contributed by atoms with van der Waals surface area (Å²) in [6, 6.07) is 10.9. The second kappa shape index (κ2) is 8.34. The third-order valence-corrected chi connectivity index (χ3v) is 4.52. The molecule has 3 aromatic heterocycles. The maximum absolute atomic E-state index is 11.9. The molecule has 0 radical (unpaired) electrons. The second-order valence-electron chi connectivity index (χ2n) is 5.50. The second-order valence-corrected chi connectivity index (χ2v) is 6.45. The molecule has 1 amide bonds. The van der Waals surface area contributed by atoms with Crippen LogP contribution >= 0.6 is 11.3 Å². The van der Waals surface area contributed by atoms with Crippen LogP contribution in [0, 0.1) is 0 Å². The smallest absolute Gasteiger partial charge is 0.266 e. The molecule has 0 fully saturated rings. The summed E-state index contributed by atoms with van der Waals surface area (Å²) < 4.78 is 1.42. The van der Waals surface area contributed by atoms with E-state index in [-0.39, 0.29) is 11.5 Å². The van der Waals surface area contributed by atoms with Gasteiger partial charge in [-0.1, -0.05) is 12.1 Å². The van der Waals surface area contributed by atoms with Gasteiger partial charge >= 0.3 is 0 Å². The van der Waals surface area contributed by atoms with E-state index in [4.69, 9.17) is 0 Å². The fraction of sp³-hybridized carbons (Fsp3) is 0.222. The molecule has 3 rings (SSSR count). The van der Waals surface area contributed by atoms with Crippen molar-refractivity contribution in [1.82, 2.24) is 20.1 Å². The molecule has 7 heteroatoms. The molecular formula is C18H18N4O2S. The van der Waals surface area contributed by atoms with Gasteiger partial charge in [-0.25, -0.2) is 4.68 Å². The minimum absolute atomic E-state index is 0.0497. The van der Waals surface area contributed by atoms with Crippen LogP contribution in [-0.4, -0.2) is 20.7 Å². The molecule has 3 heterocycles. The van der Waals surface area contributed by atoms with Gasteiger partial charge in [0.2, 0.25) is 5.91 Å². The minimum atomic E-state index is -0.156. The first kappa shape index (κ1) is 17.0. The van der Waals surface area contributed by atoms with Gasteiger partial charge < -0.3 is 5.32 Å². The number of carbonyl (C=O) groups is 1. The van der Waals surface area contributed by atoms with Crippen LogP contribution in [0.25, 0.3) is 10.6 Å². The molecule has 0 aliphatic carbocycles. The fourth-order valence-corrected chi connectivity index (χ4v) is 3.04. The average Bonchev–Trinajstić information content (AvgIpc) is 3.17. The van der Waals surface area contributed by atoms with Gasteiger partial charge in [0, 0.05) is 38.0 Å². The molecule has 1 N–H and O–H groups in total. The van der Waals surface area contributed by atoms with Gasteiger partial charge in [-0.15, -0.1) is 11.3 Å². The predicted octanol–water partition coefficient (Wildman–Crippen LogP) is 2.46. The predicted molar refractivity (Wildman–Crippen MR) is 97.1 cm³/mol. The number of rotatable bonds is 7. The average molecular weight is 354 g/mol. The number of nitrogens with zero attached hydrogens (tertiary/aromatic N) is 3. The van der Waals surface area contributed by atoms with Crippen LogP contribution in [0.15, 0.2) is 59.0 Å². The summed E-state index contributed by atoms with van der Waals surface area (Å²) in [7, 11) is 0. The van der Waals surface area contributed by atoms with Gasteiger partial charge in [0.15, 0.2) is 0 Å². The van der Waals surface area contributed by atoms with Gasteiger partial charge in [0.05, 0.1) is 4.88 Å². The Bertz CT molecular complexity index is 876. The number of carbonyl (C=O) groups excluding carboxylic acids is 1. The van der Waals surface area contributed by atoms with E-state index >= 15 is 0 Å². The Morgan fingerprint density at radius 2 is 2.12 bits per heavy atom. The number of pyridine rings is 1.